The molecule has 104 valence electrons. The van der Waals surface area contributed by atoms with Crippen molar-refractivity contribution in [1.82, 2.24) is 5.32 Å². The van der Waals surface area contributed by atoms with E-state index in [1.165, 1.54) is 13.8 Å². The van der Waals surface area contributed by atoms with Crippen molar-refractivity contribution >= 4 is 21.9 Å². The fourth-order valence-corrected chi connectivity index (χ4v) is 1.82. The van der Waals surface area contributed by atoms with Crippen LogP contribution in [0.4, 0.5) is 0 Å². The van der Waals surface area contributed by atoms with Gasteiger partial charge in [-0.1, -0.05) is 19.2 Å². The van der Waals surface area contributed by atoms with Gasteiger partial charge < -0.3 is 20.4 Å². The van der Waals surface area contributed by atoms with E-state index < -0.39 is 33.2 Å². The summed E-state index contributed by atoms with van der Waals surface area (Å²) in [6, 6.07) is 0. The molecule has 10 heteroatoms. The minimum absolute atomic E-state index is 0. The molecule has 0 fully saturated rings. The third-order valence-electron chi connectivity index (χ3n) is 1.37. The second kappa shape index (κ2) is 13.0. The van der Waals surface area contributed by atoms with Gasteiger partial charge in [0.15, 0.2) is 0 Å². The van der Waals surface area contributed by atoms with E-state index in [0.29, 0.717) is 0 Å². The Labute approximate surface area is 163 Å². The maximum absolute atomic E-state index is 10.8. The molecule has 0 heterocycles. The average Bonchev–Trinajstić information content (AvgIpc) is 2.13. The van der Waals surface area contributed by atoms with E-state index >= 15 is 0 Å². The Bertz CT molecular complexity index is 435. The zero-order valence-electron chi connectivity index (χ0n) is 12.2. The van der Waals surface area contributed by atoms with Crippen molar-refractivity contribution in [3.63, 3.8) is 0 Å². The summed E-state index contributed by atoms with van der Waals surface area (Å²) in [6.45, 7) is 9.12. The number of hydrogen-bond acceptors (Lipinski definition) is 6. The molecule has 0 aromatic carbocycles. The van der Waals surface area contributed by atoms with Gasteiger partial charge in [0.2, 0.25) is 5.91 Å². The molecule has 0 radical (unpaired) electrons. The van der Waals surface area contributed by atoms with Crippen LogP contribution in [0.5, 0.6) is 0 Å². The summed E-state index contributed by atoms with van der Waals surface area (Å²) >= 11 is 0. The third-order valence-corrected chi connectivity index (χ3v) is 2.45. The van der Waals surface area contributed by atoms with Gasteiger partial charge in [-0.3, -0.25) is 4.79 Å². The SMILES string of the molecule is C=CC(=N)[O-].C=CC(=O)NC(C)(C)CS(=O)(=O)[O-].[Na+].[Na+]. The van der Waals surface area contributed by atoms with Gasteiger partial charge >= 0.3 is 59.1 Å². The van der Waals surface area contributed by atoms with Crippen molar-refractivity contribution in [3.05, 3.63) is 25.3 Å². The molecule has 0 saturated heterocycles. The van der Waals surface area contributed by atoms with Crippen LogP contribution in [0.2, 0.25) is 0 Å². The van der Waals surface area contributed by atoms with E-state index in [9.17, 15) is 22.9 Å². The summed E-state index contributed by atoms with van der Waals surface area (Å²) in [5.41, 5.74) is -1.06. The van der Waals surface area contributed by atoms with Gasteiger partial charge in [0.25, 0.3) is 0 Å². The van der Waals surface area contributed by atoms with Gasteiger partial charge in [0.05, 0.1) is 15.9 Å². The number of rotatable bonds is 5. The Morgan fingerprint density at radius 2 is 1.65 bits per heavy atom. The molecule has 0 bridgehead atoms. The first-order valence-electron chi connectivity index (χ1n) is 4.69. The Morgan fingerprint density at radius 1 is 1.30 bits per heavy atom. The maximum Gasteiger partial charge on any atom is 1.00 e. The molecule has 0 aromatic heterocycles. The number of amides is 1. The van der Waals surface area contributed by atoms with Crippen LogP contribution in [0.1, 0.15) is 13.8 Å². The Morgan fingerprint density at radius 3 is 1.85 bits per heavy atom. The molecule has 0 spiro atoms. The molecule has 0 saturated carbocycles. The topological polar surface area (TPSA) is 133 Å². The van der Waals surface area contributed by atoms with Crippen LogP contribution in [0, 0.1) is 5.41 Å². The van der Waals surface area contributed by atoms with Crippen molar-refractivity contribution in [2.45, 2.75) is 19.4 Å². The molecule has 0 aliphatic rings. The molecule has 0 rings (SSSR count). The Kier molecular flexibility index (Phi) is 18.6. The minimum atomic E-state index is -4.33. The monoisotopic (exact) mass is 322 g/mol. The molecule has 1 amide bonds. The zero-order chi connectivity index (χ0) is 15.0. The van der Waals surface area contributed by atoms with Crippen molar-refractivity contribution in [2.24, 2.45) is 0 Å². The summed E-state index contributed by atoms with van der Waals surface area (Å²) in [5.74, 6) is -1.88. The van der Waals surface area contributed by atoms with E-state index in [-0.39, 0.29) is 59.1 Å². The molecular formula is C10H16N2Na2O5S. The van der Waals surface area contributed by atoms with Crippen LogP contribution in [-0.2, 0) is 14.9 Å². The van der Waals surface area contributed by atoms with Crippen LogP contribution in [0.15, 0.2) is 25.3 Å². The molecule has 20 heavy (non-hydrogen) atoms. The van der Waals surface area contributed by atoms with Gasteiger partial charge in [-0.2, -0.15) is 0 Å². The van der Waals surface area contributed by atoms with Crippen LogP contribution in [-0.4, -0.2) is 36.1 Å². The van der Waals surface area contributed by atoms with Crippen LogP contribution >= 0.6 is 0 Å². The zero-order valence-corrected chi connectivity index (χ0v) is 17.0. The second-order valence-electron chi connectivity index (χ2n) is 3.85. The van der Waals surface area contributed by atoms with Crippen molar-refractivity contribution in [1.29, 1.82) is 5.41 Å². The van der Waals surface area contributed by atoms with E-state index in [0.717, 1.165) is 12.2 Å². The molecule has 0 atom stereocenters. The maximum atomic E-state index is 10.8. The van der Waals surface area contributed by atoms with E-state index in [1.807, 2.05) is 0 Å². The normalized spacial score (nSPS) is 9.55. The summed E-state index contributed by atoms with van der Waals surface area (Å²) < 4.78 is 31.2. The van der Waals surface area contributed by atoms with Crippen LogP contribution in [0.25, 0.3) is 0 Å². The van der Waals surface area contributed by atoms with E-state index in [2.05, 4.69) is 18.5 Å². The summed E-state index contributed by atoms with van der Waals surface area (Å²) in [4.78, 5) is 10.8. The number of carbonyl (C=O) groups is 1. The molecular weight excluding hydrogens is 306 g/mol. The first-order valence-corrected chi connectivity index (χ1v) is 6.27. The average molecular weight is 322 g/mol. The van der Waals surface area contributed by atoms with Gasteiger partial charge in [-0.25, -0.2) is 8.42 Å². The number of hydrogen-bond donors (Lipinski definition) is 2. The summed E-state index contributed by atoms with van der Waals surface area (Å²) in [7, 11) is -4.33. The molecule has 2 N–H and O–H groups in total. The van der Waals surface area contributed by atoms with Gasteiger partial charge in [-0.05, 0) is 25.8 Å². The van der Waals surface area contributed by atoms with Crippen molar-refractivity contribution in [3.8, 4) is 0 Å². The number of nitrogens with one attached hydrogen (secondary N) is 2. The second-order valence-corrected chi connectivity index (χ2v) is 5.25. The fourth-order valence-electron chi connectivity index (χ4n) is 0.863. The summed E-state index contributed by atoms with van der Waals surface area (Å²) in [6.07, 6.45) is 1.96. The minimum Gasteiger partial charge on any atom is -0.859 e. The van der Waals surface area contributed by atoms with Gasteiger partial charge in [0.1, 0.15) is 0 Å². The van der Waals surface area contributed by atoms with Crippen molar-refractivity contribution < 1.29 is 82.0 Å². The first-order chi connectivity index (χ1) is 7.93. The Hall–Kier alpha value is 0.330. The Balaban J connectivity index is -0.000000158. The van der Waals surface area contributed by atoms with E-state index in [1.54, 1.807) is 0 Å². The number of carbonyl (C=O) groups excluding carboxylic acids is 1. The molecule has 7 nitrogen and oxygen atoms in total. The van der Waals surface area contributed by atoms with Gasteiger partial charge in [-0.15, -0.1) is 0 Å². The first kappa shape index (κ1) is 28.5. The molecule has 0 aliphatic carbocycles. The van der Waals surface area contributed by atoms with Gasteiger partial charge in [0, 0.05) is 5.54 Å². The fraction of sp³-hybridized carbons (Fsp3) is 0.400. The standard InChI is InChI=1S/C7H13NO4S.C3H5NO.2Na/c1-4-6(9)8-7(2,3)5-13(10,11)12;1-2-3(4)5;;/h4H,1,5H2,2-3H3,(H,8,9)(H,10,11,12);2H,1H2,(H2,4,5);;/q;;2*+1/p-2. The molecule has 0 aromatic rings. The predicted octanol–water partition coefficient (Wildman–Crippen LogP) is -6.87. The quantitative estimate of drug-likeness (QED) is 0.171. The van der Waals surface area contributed by atoms with E-state index in [4.69, 9.17) is 5.41 Å². The van der Waals surface area contributed by atoms with Crippen LogP contribution in [0.3, 0.4) is 0 Å². The van der Waals surface area contributed by atoms with Crippen molar-refractivity contribution in [2.75, 3.05) is 5.75 Å². The third kappa shape index (κ3) is 23.4. The smallest absolute Gasteiger partial charge is 0.859 e. The summed E-state index contributed by atoms with van der Waals surface area (Å²) in [5, 5.41) is 17.8. The predicted molar refractivity (Wildman–Crippen MR) is 64.9 cm³/mol. The molecule has 0 aliphatic heterocycles. The largest absolute Gasteiger partial charge is 1.00 e. The van der Waals surface area contributed by atoms with Crippen LogP contribution < -0.4 is 69.5 Å². The molecule has 0 unspecified atom stereocenters.